The number of hydrogen-bond acceptors (Lipinski definition) is 1. The van der Waals surface area contributed by atoms with Gasteiger partial charge in [0.2, 0.25) is 0 Å². The predicted molar refractivity (Wildman–Crippen MR) is 99.0 cm³/mol. The summed E-state index contributed by atoms with van der Waals surface area (Å²) in [7, 11) is 0. The van der Waals surface area contributed by atoms with E-state index in [1.807, 2.05) is 0 Å². The molecule has 2 aromatic carbocycles. The molecule has 0 spiro atoms. The summed E-state index contributed by atoms with van der Waals surface area (Å²) in [4.78, 5) is 2.59. The average molecular weight is 307 g/mol. The van der Waals surface area contributed by atoms with E-state index in [0.717, 1.165) is 19.5 Å². The van der Waals surface area contributed by atoms with E-state index < -0.39 is 0 Å². The van der Waals surface area contributed by atoms with Gasteiger partial charge in [-0.1, -0.05) is 68.8 Å². The Morgan fingerprint density at radius 1 is 0.957 bits per heavy atom. The molecule has 0 radical (unpaired) electrons. The lowest BCUT2D eigenvalue weighted by Gasteiger charge is -2.29. The van der Waals surface area contributed by atoms with Crippen LogP contribution in [0.25, 0.3) is 0 Å². The number of nitrogens with zero attached hydrogens (tertiary/aromatic N) is 1. The van der Waals surface area contributed by atoms with Gasteiger partial charge in [0.1, 0.15) is 0 Å². The van der Waals surface area contributed by atoms with E-state index >= 15 is 0 Å². The zero-order valence-corrected chi connectivity index (χ0v) is 15.0. The molecule has 1 heterocycles. The van der Waals surface area contributed by atoms with E-state index in [0.29, 0.717) is 0 Å². The van der Waals surface area contributed by atoms with Gasteiger partial charge in [-0.05, 0) is 47.4 Å². The third kappa shape index (κ3) is 4.03. The molecule has 0 bridgehead atoms. The van der Waals surface area contributed by atoms with Crippen LogP contribution in [0.3, 0.4) is 0 Å². The largest absolute Gasteiger partial charge is 0.298 e. The Kier molecular flexibility index (Phi) is 4.59. The molecule has 0 unspecified atom stereocenters. The smallest absolute Gasteiger partial charge is 0.0236 e. The topological polar surface area (TPSA) is 3.24 Å². The molecule has 0 saturated carbocycles. The van der Waals surface area contributed by atoms with Gasteiger partial charge in [0.15, 0.2) is 0 Å². The molecule has 0 fully saturated rings. The summed E-state index contributed by atoms with van der Waals surface area (Å²) in [6.45, 7) is 12.5. The molecule has 1 nitrogen and oxygen atoms in total. The summed E-state index contributed by atoms with van der Waals surface area (Å²) in [5.41, 5.74) is 7.57. The van der Waals surface area contributed by atoms with Gasteiger partial charge in [-0.15, -0.1) is 0 Å². The fraction of sp³-hybridized carbons (Fsp3) is 0.455. The van der Waals surface area contributed by atoms with E-state index in [1.165, 1.54) is 35.2 Å². The molecule has 1 aliphatic heterocycles. The molecule has 0 aliphatic carbocycles. The zero-order chi connectivity index (χ0) is 16.4. The molecule has 122 valence electrons. The van der Waals surface area contributed by atoms with Crippen molar-refractivity contribution in [3.8, 4) is 0 Å². The molecule has 2 aromatic rings. The van der Waals surface area contributed by atoms with E-state index in [9.17, 15) is 0 Å². The highest BCUT2D eigenvalue weighted by Gasteiger charge is 2.16. The van der Waals surface area contributed by atoms with Crippen molar-refractivity contribution in [3.05, 3.63) is 70.3 Å². The fourth-order valence-electron chi connectivity index (χ4n) is 3.39. The molecular weight excluding hydrogens is 278 g/mol. The van der Waals surface area contributed by atoms with Crippen LogP contribution in [0.5, 0.6) is 0 Å². The molecule has 0 atom stereocenters. The maximum absolute atomic E-state index is 2.59. The highest BCUT2D eigenvalue weighted by atomic mass is 15.1. The van der Waals surface area contributed by atoms with Crippen LogP contribution in [-0.4, -0.2) is 18.0 Å². The Labute approximate surface area is 141 Å². The SMILES string of the molecule is Cc1ccc2c(c1)CCN(CCc1ccc(C(C)(C)C)cc1)C2. The van der Waals surface area contributed by atoms with Crippen LogP contribution in [0.2, 0.25) is 0 Å². The molecular formula is C22H29N. The van der Waals surface area contributed by atoms with Crippen molar-refractivity contribution >= 4 is 0 Å². The van der Waals surface area contributed by atoms with Gasteiger partial charge < -0.3 is 0 Å². The molecule has 0 saturated heterocycles. The van der Waals surface area contributed by atoms with Gasteiger partial charge in [-0.2, -0.15) is 0 Å². The first-order chi connectivity index (χ1) is 10.9. The van der Waals surface area contributed by atoms with E-state index in [4.69, 9.17) is 0 Å². The third-order valence-corrected chi connectivity index (χ3v) is 4.99. The van der Waals surface area contributed by atoms with Crippen LogP contribution in [0, 0.1) is 6.92 Å². The van der Waals surface area contributed by atoms with Crippen LogP contribution in [0.1, 0.15) is 48.6 Å². The van der Waals surface area contributed by atoms with Crippen LogP contribution in [-0.2, 0) is 24.8 Å². The van der Waals surface area contributed by atoms with E-state index in [1.54, 1.807) is 5.56 Å². The van der Waals surface area contributed by atoms with Gasteiger partial charge in [0, 0.05) is 19.6 Å². The Bertz CT molecular complexity index is 661. The van der Waals surface area contributed by atoms with Crippen molar-refractivity contribution in [3.63, 3.8) is 0 Å². The van der Waals surface area contributed by atoms with Gasteiger partial charge in [-0.3, -0.25) is 4.90 Å². The van der Waals surface area contributed by atoms with E-state index in [2.05, 4.69) is 75.1 Å². The first-order valence-corrected chi connectivity index (χ1v) is 8.82. The van der Waals surface area contributed by atoms with Crippen molar-refractivity contribution < 1.29 is 0 Å². The third-order valence-electron chi connectivity index (χ3n) is 4.99. The maximum Gasteiger partial charge on any atom is 0.0236 e. The average Bonchev–Trinajstić information content (AvgIpc) is 2.52. The standard InChI is InChI=1S/C22H29N/c1-17-5-8-20-16-23(14-12-19(20)15-17)13-11-18-6-9-21(10-7-18)22(2,3)4/h5-10,15H,11-14,16H2,1-4H3. The summed E-state index contributed by atoms with van der Waals surface area (Å²) in [5, 5.41) is 0. The van der Waals surface area contributed by atoms with Crippen LogP contribution in [0.4, 0.5) is 0 Å². The lowest BCUT2D eigenvalue weighted by molar-refractivity contribution is 0.257. The number of aryl methyl sites for hydroxylation is 1. The number of benzene rings is 2. The minimum Gasteiger partial charge on any atom is -0.298 e. The van der Waals surface area contributed by atoms with Crippen molar-refractivity contribution in [1.29, 1.82) is 0 Å². The molecule has 1 aliphatic rings. The van der Waals surface area contributed by atoms with Gasteiger partial charge in [0.25, 0.3) is 0 Å². The summed E-state index contributed by atoms with van der Waals surface area (Å²) in [6, 6.07) is 16.1. The molecule has 0 amide bonds. The Morgan fingerprint density at radius 2 is 1.70 bits per heavy atom. The van der Waals surface area contributed by atoms with Crippen molar-refractivity contribution in [2.45, 2.75) is 52.5 Å². The van der Waals surface area contributed by atoms with Gasteiger partial charge in [-0.25, -0.2) is 0 Å². The molecule has 0 aromatic heterocycles. The minimum absolute atomic E-state index is 0.243. The summed E-state index contributed by atoms with van der Waals surface area (Å²) in [5.74, 6) is 0. The minimum atomic E-state index is 0.243. The Morgan fingerprint density at radius 3 is 2.39 bits per heavy atom. The Balaban J connectivity index is 1.58. The van der Waals surface area contributed by atoms with Crippen LogP contribution in [0.15, 0.2) is 42.5 Å². The molecule has 1 heteroatoms. The second kappa shape index (κ2) is 6.49. The fourth-order valence-corrected chi connectivity index (χ4v) is 3.39. The van der Waals surface area contributed by atoms with Crippen LogP contribution >= 0.6 is 0 Å². The second-order valence-corrected chi connectivity index (χ2v) is 8.00. The lowest BCUT2D eigenvalue weighted by Crippen LogP contribution is -2.32. The first-order valence-electron chi connectivity index (χ1n) is 8.82. The normalized spacial score (nSPS) is 15.5. The van der Waals surface area contributed by atoms with Crippen molar-refractivity contribution in [2.75, 3.05) is 13.1 Å². The monoisotopic (exact) mass is 307 g/mol. The summed E-state index contributed by atoms with van der Waals surface area (Å²) >= 11 is 0. The zero-order valence-electron chi connectivity index (χ0n) is 15.0. The number of rotatable bonds is 3. The second-order valence-electron chi connectivity index (χ2n) is 8.00. The predicted octanol–water partition coefficient (Wildman–Crippen LogP) is 4.89. The first kappa shape index (κ1) is 16.3. The molecule has 23 heavy (non-hydrogen) atoms. The van der Waals surface area contributed by atoms with Crippen LogP contribution < -0.4 is 0 Å². The summed E-state index contributed by atoms with van der Waals surface area (Å²) in [6.07, 6.45) is 2.34. The number of fused-ring (bicyclic) bond motifs is 1. The molecule has 0 N–H and O–H groups in total. The lowest BCUT2D eigenvalue weighted by atomic mass is 9.86. The highest BCUT2D eigenvalue weighted by molar-refractivity contribution is 5.33. The quantitative estimate of drug-likeness (QED) is 0.780. The van der Waals surface area contributed by atoms with Gasteiger partial charge in [0.05, 0.1) is 0 Å². The molecule has 3 rings (SSSR count). The van der Waals surface area contributed by atoms with E-state index in [-0.39, 0.29) is 5.41 Å². The number of hydrogen-bond donors (Lipinski definition) is 0. The highest BCUT2D eigenvalue weighted by Crippen LogP contribution is 2.23. The van der Waals surface area contributed by atoms with Crippen molar-refractivity contribution in [2.24, 2.45) is 0 Å². The maximum atomic E-state index is 2.59. The van der Waals surface area contributed by atoms with Crippen molar-refractivity contribution in [1.82, 2.24) is 4.90 Å². The Hall–Kier alpha value is -1.60. The van der Waals surface area contributed by atoms with Gasteiger partial charge >= 0.3 is 0 Å². The summed E-state index contributed by atoms with van der Waals surface area (Å²) < 4.78 is 0.